The Morgan fingerprint density at radius 3 is 2.73 bits per heavy atom. The highest BCUT2D eigenvalue weighted by atomic mass is 15.4. The van der Waals surface area contributed by atoms with Crippen LogP contribution in [-0.2, 0) is 0 Å². The summed E-state index contributed by atoms with van der Waals surface area (Å²) in [6.45, 7) is 0. The lowest BCUT2D eigenvalue weighted by molar-refractivity contribution is 0.940. The SMILES string of the molecule is c1cc(Nn2cccc2)n2ccnc2c1. The first-order valence-corrected chi connectivity index (χ1v) is 4.75. The molecule has 0 spiro atoms. The van der Waals surface area contributed by atoms with Crippen LogP contribution in [0.5, 0.6) is 0 Å². The van der Waals surface area contributed by atoms with Crippen LogP contribution in [0, 0.1) is 0 Å². The largest absolute Gasteiger partial charge is 0.285 e. The van der Waals surface area contributed by atoms with Crippen molar-refractivity contribution < 1.29 is 0 Å². The molecule has 4 nitrogen and oxygen atoms in total. The molecule has 0 aromatic carbocycles. The van der Waals surface area contributed by atoms with Crippen LogP contribution >= 0.6 is 0 Å². The van der Waals surface area contributed by atoms with E-state index in [0.29, 0.717) is 0 Å². The molecule has 3 aromatic rings. The van der Waals surface area contributed by atoms with E-state index >= 15 is 0 Å². The maximum Gasteiger partial charge on any atom is 0.138 e. The van der Waals surface area contributed by atoms with E-state index in [-0.39, 0.29) is 0 Å². The van der Waals surface area contributed by atoms with E-state index in [4.69, 9.17) is 0 Å². The van der Waals surface area contributed by atoms with Gasteiger partial charge >= 0.3 is 0 Å². The monoisotopic (exact) mass is 198 g/mol. The Morgan fingerprint density at radius 2 is 1.87 bits per heavy atom. The van der Waals surface area contributed by atoms with Crippen molar-refractivity contribution in [3.8, 4) is 0 Å². The van der Waals surface area contributed by atoms with Crippen LogP contribution in [0.4, 0.5) is 5.82 Å². The van der Waals surface area contributed by atoms with Crippen LogP contribution in [0.2, 0.25) is 0 Å². The summed E-state index contributed by atoms with van der Waals surface area (Å²) in [4.78, 5) is 4.22. The van der Waals surface area contributed by atoms with E-state index in [1.54, 1.807) is 6.20 Å². The Bertz CT molecular complexity index is 565. The number of nitrogens with zero attached hydrogens (tertiary/aromatic N) is 3. The van der Waals surface area contributed by atoms with Crippen molar-refractivity contribution in [1.29, 1.82) is 0 Å². The molecule has 3 rings (SSSR count). The summed E-state index contributed by atoms with van der Waals surface area (Å²) in [6, 6.07) is 9.91. The van der Waals surface area contributed by atoms with Crippen LogP contribution in [-0.4, -0.2) is 14.1 Å². The third kappa shape index (κ3) is 1.36. The smallest absolute Gasteiger partial charge is 0.138 e. The topological polar surface area (TPSA) is 34.3 Å². The normalized spacial score (nSPS) is 10.7. The zero-order valence-electron chi connectivity index (χ0n) is 8.04. The van der Waals surface area contributed by atoms with Crippen LogP contribution in [0.25, 0.3) is 5.65 Å². The van der Waals surface area contributed by atoms with Crippen molar-refractivity contribution in [2.24, 2.45) is 0 Å². The van der Waals surface area contributed by atoms with Gasteiger partial charge in [-0.1, -0.05) is 6.07 Å². The average molecular weight is 198 g/mol. The van der Waals surface area contributed by atoms with E-state index in [2.05, 4.69) is 10.4 Å². The molecule has 0 aliphatic rings. The van der Waals surface area contributed by atoms with Gasteiger partial charge in [0.05, 0.1) is 0 Å². The number of fused-ring (bicyclic) bond motifs is 1. The van der Waals surface area contributed by atoms with Crippen molar-refractivity contribution in [2.45, 2.75) is 0 Å². The van der Waals surface area contributed by atoms with Gasteiger partial charge in [0.15, 0.2) is 0 Å². The molecule has 0 unspecified atom stereocenters. The van der Waals surface area contributed by atoms with Gasteiger partial charge < -0.3 is 0 Å². The second-order valence-electron chi connectivity index (χ2n) is 3.27. The number of aromatic nitrogens is 3. The number of nitrogens with one attached hydrogen (secondary N) is 1. The minimum atomic E-state index is 0.937. The van der Waals surface area contributed by atoms with Gasteiger partial charge in [-0.3, -0.25) is 14.5 Å². The Morgan fingerprint density at radius 1 is 1.00 bits per heavy atom. The van der Waals surface area contributed by atoms with Crippen LogP contribution in [0.1, 0.15) is 0 Å². The summed E-state index contributed by atoms with van der Waals surface area (Å²) in [6.07, 6.45) is 7.63. The summed E-state index contributed by atoms with van der Waals surface area (Å²) < 4.78 is 3.90. The van der Waals surface area contributed by atoms with Gasteiger partial charge in [0.25, 0.3) is 0 Å². The third-order valence-corrected chi connectivity index (χ3v) is 2.28. The van der Waals surface area contributed by atoms with Gasteiger partial charge in [-0.2, -0.15) is 0 Å². The maximum absolute atomic E-state index is 4.22. The predicted octanol–water partition coefficient (Wildman–Crippen LogP) is 2.01. The van der Waals surface area contributed by atoms with Gasteiger partial charge in [0.2, 0.25) is 0 Å². The minimum absolute atomic E-state index is 0.937. The molecule has 0 radical (unpaired) electrons. The van der Waals surface area contributed by atoms with E-state index in [1.807, 2.05) is 58.0 Å². The van der Waals surface area contributed by atoms with Crippen molar-refractivity contribution in [2.75, 3.05) is 5.43 Å². The maximum atomic E-state index is 4.22. The molecule has 0 fully saturated rings. The fourth-order valence-corrected chi connectivity index (χ4v) is 1.58. The molecule has 15 heavy (non-hydrogen) atoms. The molecule has 4 heteroatoms. The third-order valence-electron chi connectivity index (χ3n) is 2.28. The lowest BCUT2D eigenvalue weighted by atomic mass is 10.4. The van der Waals surface area contributed by atoms with E-state index in [9.17, 15) is 0 Å². The van der Waals surface area contributed by atoms with E-state index in [1.165, 1.54) is 0 Å². The van der Waals surface area contributed by atoms with Gasteiger partial charge in [-0.05, 0) is 24.3 Å². The Labute approximate surface area is 86.8 Å². The Kier molecular flexibility index (Phi) is 1.71. The quantitative estimate of drug-likeness (QED) is 0.683. The lowest BCUT2D eigenvalue weighted by Crippen LogP contribution is -2.08. The highest BCUT2D eigenvalue weighted by Crippen LogP contribution is 2.10. The number of hydrogen-bond acceptors (Lipinski definition) is 2. The zero-order valence-corrected chi connectivity index (χ0v) is 8.04. The second-order valence-corrected chi connectivity index (χ2v) is 3.27. The van der Waals surface area contributed by atoms with Crippen molar-refractivity contribution in [3.05, 3.63) is 55.1 Å². The molecule has 0 amide bonds. The number of anilines is 1. The standard InChI is InChI=1S/C11H10N4/c1-2-8-14(7-1)13-11-5-3-4-10-12-6-9-15(10)11/h1-9,13H. The second kappa shape index (κ2) is 3.16. The lowest BCUT2D eigenvalue weighted by Gasteiger charge is -2.09. The zero-order chi connectivity index (χ0) is 10.1. The van der Waals surface area contributed by atoms with Crippen molar-refractivity contribution >= 4 is 11.5 Å². The average Bonchev–Trinajstić information content (AvgIpc) is 2.87. The van der Waals surface area contributed by atoms with Gasteiger partial charge in [-0.15, -0.1) is 0 Å². The molecular formula is C11H10N4. The fraction of sp³-hybridized carbons (Fsp3) is 0. The molecule has 0 saturated carbocycles. The first kappa shape index (κ1) is 8.11. The van der Waals surface area contributed by atoms with Crippen molar-refractivity contribution in [1.82, 2.24) is 14.1 Å². The summed E-state index contributed by atoms with van der Waals surface area (Å²) >= 11 is 0. The molecule has 0 atom stereocenters. The van der Waals surface area contributed by atoms with Crippen LogP contribution in [0.3, 0.4) is 0 Å². The van der Waals surface area contributed by atoms with E-state index < -0.39 is 0 Å². The molecule has 74 valence electrons. The van der Waals surface area contributed by atoms with E-state index in [0.717, 1.165) is 11.5 Å². The molecule has 3 heterocycles. The molecule has 0 bridgehead atoms. The highest BCUT2D eigenvalue weighted by Gasteiger charge is 1.98. The van der Waals surface area contributed by atoms with Gasteiger partial charge in [-0.25, -0.2) is 4.98 Å². The molecule has 3 aromatic heterocycles. The van der Waals surface area contributed by atoms with Crippen LogP contribution < -0.4 is 5.43 Å². The molecular weight excluding hydrogens is 188 g/mol. The first-order valence-electron chi connectivity index (χ1n) is 4.75. The summed E-state index contributed by atoms with van der Waals surface area (Å²) in [5, 5.41) is 0. The number of imidazole rings is 1. The Balaban J connectivity index is 2.07. The van der Waals surface area contributed by atoms with Gasteiger partial charge in [0.1, 0.15) is 11.5 Å². The van der Waals surface area contributed by atoms with Crippen molar-refractivity contribution in [3.63, 3.8) is 0 Å². The summed E-state index contributed by atoms with van der Waals surface area (Å²) in [7, 11) is 0. The summed E-state index contributed by atoms with van der Waals surface area (Å²) in [5.74, 6) is 0.987. The molecule has 0 aliphatic carbocycles. The van der Waals surface area contributed by atoms with Crippen LogP contribution in [0.15, 0.2) is 55.1 Å². The number of pyridine rings is 1. The molecule has 0 aliphatic heterocycles. The Hall–Kier alpha value is -2.23. The number of hydrogen-bond donors (Lipinski definition) is 1. The minimum Gasteiger partial charge on any atom is -0.285 e. The molecule has 0 saturated heterocycles. The fourth-order valence-electron chi connectivity index (χ4n) is 1.58. The molecule has 1 N–H and O–H groups in total. The van der Waals surface area contributed by atoms with Gasteiger partial charge in [0, 0.05) is 24.8 Å². The predicted molar refractivity (Wildman–Crippen MR) is 58.6 cm³/mol. The summed E-state index contributed by atoms with van der Waals surface area (Å²) in [5.41, 5.74) is 4.19. The number of rotatable bonds is 2. The first-order chi connectivity index (χ1) is 7.43. The highest BCUT2D eigenvalue weighted by molar-refractivity contribution is 5.49.